The van der Waals surface area contributed by atoms with E-state index in [4.69, 9.17) is 0 Å². The van der Waals surface area contributed by atoms with Gasteiger partial charge < -0.3 is 10.0 Å². The number of aromatic hydroxyl groups is 1. The van der Waals surface area contributed by atoms with Gasteiger partial charge in [0.05, 0.1) is 5.56 Å². The third kappa shape index (κ3) is 7.61. The Balaban J connectivity index is 1.67. The molecule has 33 heavy (non-hydrogen) atoms. The molecule has 0 radical (unpaired) electrons. The molecule has 0 unspecified atom stereocenters. The molecule has 172 valence electrons. The molecule has 1 N–H and O–H groups in total. The fraction of sp³-hybridized carbons (Fsp3) is 0.286. The Morgan fingerprint density at radius 2 is 1.33 bits per heavy atom. The molecule has 3 rings (SSSR count). The third-order valence-electron chi connectivity index (χ3n) is 5.39. The van der Waals surface area contributed by atoms with Crippen LogP contribution in [0.3, 0.4) is 0 Å². The standard InChI is InChI=1S/C28H28F3NO/c1-2-3-4-5-20-32(26-16-18-27(33)19-17-26)21-24-10-8-22(9-11-24)6-7-23-12-14-25(15-13-23)28(29,30)31/h8-19,33H,2-5,20-21H2,1H3. The Morgan fingerprint density at radius 1 is 0.758 bits per heavy atom. The predicted molar refractivity (Wildman–Crippen MR) is 127 cm³/mol. The third-order valence-corrected chi connectivity index (χ3v) is 5.39. The molecule has 0 aliphatic carbocycles. The van der Waals surface area contributed by atoms with Gasteiger partial charge in [0.15, 0.2) is 0 Å². The van der Waals surface area contributed by atoms with E-state index in [0.717, 1.165) is 48.5 Å². The maximum Gasteiger partial charge on any atom is 0.416 e. The van der Waals surface area contributed by atoms with E-state index < -0.39 is 11.7 Å². The van der Waals surface area contributed by atoms with Crippen molar-refractivity contribution in [3.8, 4) is 17.6 Å². The smallest absolute Gasteiger partial charge is 0.416 e. The first-order chi connectivity index (χ1) is 15.8. The maximum atomic E-state index is 12.7. The van der Waals surface area contributed by atoms with Gasteiger partial charge >= 0.3 is 6.18 Å². The summed E-state index contributed by atoms with van der Waals surface area (Å²) in [6.07, 6.45) is 0.352. The molecule has 0 fully saturated rings. The summed E-state index contributed by atoms with van der Waals surface area (Å²) in [5.41, 5.74) is 2.87. The Bertz CT molecular complexity index is 1060. The van der Waals surface area contributed by atoms with Crippen LogP contribution < -0.4 is 4.90 Å². The number of unbranched alkanes of at least 4 members (excludes halogenated alkanes) is 3. The molecule has 5 heteroatoms. The number of phenolic OH excluding ortho intramolecular Hbond substituents is 1. The zero-order valence-corrected chi connectivity index (χ0v) is 18.7. The van der Waals surface area contributed by atoms with Crippen LogP contribution in [0.4, 0.5) is 18.9 Å². The van der Waals surface area contributed by atoms with E-state index in [1.165, 1.54) is 31.4 Å². The van der Waals surface area contributed by atoms with Crippen LogP contribution in [-0.4, -0.2) is 11.7 Å². The number of anilines is 1. The van der Waals surface area contributed by atoms with Crippen molar-refractivity contribution < 1.29 is 18.3 Å². The number of rotatable bonds is 8. The maximum absolute atomic E-state index is 12.7. The highest BCUT2D eigenvalue weighted by molar-refractivity contribution is 5.50. The van der Waals surface area contributed by atoms with Gasteiger partial charge in [0.1, 0.15) is 5.75 Å². The Morgan fingerprint density at radius 3 is 1.88 bits per heavy atom. The number of halogens is 3. The minimum Gasteiger partial charge on any atom is -0.508 e. The van der Waals surface area contributed by atoms with Crippen LogP contribution in [0, 0.1) is 11.8 Å². The van der Waals surface area contributed by atoms with Crippen molar-refractivity contribution in [3.05, 3.63) is 95.1 Å². The normalized spacial score (nSPS) is 11.0. The molecule has 0 aliphatic heterocycles. The van der Waals surface area contributed by atoms with Crippen LogP contribution in [0.25, 0.3) is 0 Å². The monoisotopic (exact) mass is 451 g/mol. The van der Waals surface area contributed by atoms with Crippen LogP contribution >= 0.6 is 0 Å². The second-order valence-electron chi connectivity index (χ2n) is 8.02. The minimum atomic E-state index is -4.34. The molecule has 0 amide bonds. The molecule has 0 saturated carbocycles. The number of hydrogen-bond donors (Lipinski definition) is 1. The highest BCUT2D eigenvalue weighted by Crippen LogP contribution is 2.29. The van der Waals surface area contributed by atoms with E-state index in [2.05, 4.69) is 23.7 Å². The van der Waals surface area contributed by atoms with Crippen LogP contribution in [0.5, 0.6) is 5.75 Å². The lowest BCUT2D eigenvalue weighted by Gasteiger charge is -2.25. The Labute approximate surface area is 193 Å². The summed E-state index contributed by atoms with van der Waals surface area (Å²) in [6.45, 7) is 3.86. The zero-order valence-electron chi connectivity index (χ0n) is 18.7. The SMILES string of the molecule is CCCCCCN(Cc1ccc(C#Cc2ccc(C(F)(F)F)cc2)cc1)c1ccc(O)cc1. The zero-order chi connectivity index (χ0) is 23.7. The Hall–Kier alpha value is -3.39. The van der Waals surface area contributed by atoms with Gasteiger partial charge in [-0.3, -0.25) is 0 Å². The first-order valence-electron chi connectivity index (χ1n) is 11.2. The summed E-state index contributed by atoms with van der Waals surface area (Å²) < 4.78 is 38.0. The van der Waals surface area contributed by atoms with Crippen LogP contribution in [0.15, 0.2) is 72.8 Å². The average Bonchev–Trinajstić information content (AvgIpc) is 2.81. The highest BCUT2D eigenvalue weighted by atomic mass is 19.4. The molecule has 0 atom stereocenters. The molecule has 0 aliphatic rings. The molecule has 3 aromatic rings. The largest absolute Gasteiger partial charge is 0.508 e. The van der Waals surface area contributed by atoms with Crippen LogP contribution in [0.1, 0.15) is 54.9 Å². The van der Waals surface area contributed by atoms with Gasteiger partial charge in [-0.1, -0.05) is 50.2 Å². The molecule has 0 heterocycles. The second-order valence-corrected chi connectivity index (χ2v) is 8.02. The number of hydrogen-bond acceptors (Lipinski definition) is 2. The fourth-order valence-electron chi connectivity index (χ4n) is 3.49. The average molecular weight is 452 g/mol. The lowest BCUT2D eigenvalue weighted by Crippen LogP contribution is -2.23. The van der Waals surface area contributed by atoms with E-state index >= 15 is 0 Å². The predicted octanol–water partition coefficient (Wildman–Crippen LogP) is 7.40. The summed E-state index contributed by atoms with van der Waals surface area (Å²) in [4.78, 5) is 2.30. The van der Waals surface area contributed by atoms with Crippen molar-refractivity contribution >= 4 is 5.69 Å². The van der Waals surface area contributed by atoms with Crippen molar-refractivity contribution in [1.82, 2.24) is 0 Å². The van der Waals surface area contributed by atoms with Gasteiger partial charge in [0.2, 0.25) is 0 Å². The van der Waals surface area contributed by atoms with E-state index in [1.54, 1.807) is 12.1 Å². The van der Waals surface area contributed by atoms with E-state index in [-0.39, 0.29) is 5.75 Å². The van der Waals surface area contributed by atoms with Crippen molar-refractivity contribution in [2.24, 2.45) is 0 Å². The highest BCUT2D eigenvalue weighted by Gasteiger charge is 2.29. The van der Waals surface area contributed by atoms with Crippen molar-refractivity contribution in [2.45, 2.75) is 45.3 Å². The Kier molecular flexibility index (Phi) is 8.43. The van der Waals surface area contributed by atoms with Crippen LogP contribution in [0.2, 0.25) is 0 Å². The van der Waals surface area contributed by atoms with E-state index in [0.29, 0.717) is 5.56 Å². The van der Waals surface area contributed by atoms with Gasteiger partial charge in [-0.15, -0.1) is 0 Å². The summed E-state index contributed by atoms with van der Waals surface area (Å²) in [5.74, 6) is 6.18. The van der Waals surface area contributed by atoms with Crippen LogP contribution in [-0.2, 0) is 12.7 Å². The number of alkyl halides is 3. The summed E-state index contributed by atoms with van der Waals surface area (Å²) in [6, 6.07) is 20.0. The lowest BCUT2D eigenvalue weighted by atomic mass is 10.1. The quantitative estimate of drug-likeness (QED) is 0.285. The fourth-order valence-corrected chi connectivity index (χ4v) is 3.49. The molecule has 2 nitrogen and oxygen atoms in total. The van der Waals surface area contributed by atoms with E-state index in [1.807, 2.05) is 36.4 Å². The second kappa shape index (κ2) is 11.5. The summed E-state index contributed by atoms with van der Waals surface area (Å²) in [5, 5.41) is 9.61. The molecular weight excluding hydrogens is 423 g/mol. The van der Waals surface area contributed by atoms with Gasteiger partial charge in [0, 0.05) is 29.9 Å². The summed E-state index contributed by atoms with van der Waals surface area (Å²) in [7, 11) is 0. The van der Waals surface area contributed by atoms with Crippen molar-refractivity contribution in [2.75, 3.05) is 11.4 Å². The molecule has 0 aromatic heterocycles. The first-order valence-corrected chi connectivity index (χ1v) is 11.2. The van der Waals surface area contributed by atoms with Gasteiger partial charge in [0.25, 0.3) is 0 Å². The number of phenols is 1. The van der Waals surface area contributed by atoms with Gasteiger partial charge in [-0.25, -0.2) is 0 Å². The molecular formula is C28H28F3NO. The van der Waals surface area contributed by atoms with Crippen molar-refractivity contribution in [1.29, 1.82) is 0 Å². The topological polar surface area (TPSA) is 23.5 Å². The van der Waals surface area contributed by atoms with Gasteiger partial charge in [-0.05, 0) is 72.6 Å². The minimum absolute atomic E-state index is 0.251. The summed E-state index contributed by atoms with van der Waals surface area (Å²) >= 11 is 0. The lowest BCUT2D eigenvalue weighted by molar-refractivity contribution is -0.137. The number of benzene rings is 3. The molecule has 0 saturated heterocycles. The van der Waals surface area contributed by atoms with E-state index in [9.17, 15) is 18.3 Å². The molecule has 3 aromatic carbocycles. The molecule has 0 spiro atoms. The number of nitrogens with zero attached hydrogens (tertiary/aromatic N) is 1. The van der Waals surface area contributed by atoms with Gasteiger partial charge in [-0.2, -0.15) is 13.2 Å². The first kappa shape index (κ1) is 24.3. The van der Waals surface area contributed by atoms with Crippen molar-refractivity contribution in [3.63, 3.8) is 0 Å². The molecule has 0 bridgehead atoms.